The van der Waals surface area contributed by atoms with E-state index in [1.807, 2.05) is 0 Å². The molecule has 2 N–H and O–H groups in total. The fourth-order valence-corrected chi connectivity index (χ4v) is 1.17. The normalized spacial score (nSPS) is 12.2. The Balaban J connectivity index is 2.87. The van der Waals surface area contributed by atoms with Crippen molar-refractivity contribution in [3.05, 3.63) is 29.6 Å². The van der Waals surface area contributed by atoms with Gasteiger partial charge in [0.25, 0.3) is 0 Å². The largest absolute Gasteiger partial charge is 0.494 e. The first-order valence-corrected chi connectivity index (χ1v) is 4.28. The molecular weight excluding hydrogens is 203 g/mol. The Kier molecular flexibility index (Phi) is 3.62. The van der Waals surface area contributed by atoms with Gasteiger partial charge < -0.3 is 14.9 Å². The van der Waals surface area contributed by atoms with Gasteiger partial charge in [0.2, 0.25) is 0 Å². The number of hydrogen-bond acceptors (Lipinski definition) is 3. The first-order chi connectivity index (χ1) is 7.04. The molecule has 0 saturated heterocycles. The Morgan fingerprint density at radius 1 is 1.60 bits per heavy atom. The Morgan fingerprint density at radius 3 is 2.73 bits per heavy atom. The molecule has 5 heteroatoms. The molecule has 1 aromatic carbocycles. The zero-order chi connectivity index (χ0) is 11.4. The summed E-state index contributed by atoms with van der Waals surface area (Å²) in [6.07, 6.45) is -1.66. The number of benzene rings is 1. The number of aliphatic hydroxyl groups excluding tert-OH is 1. The van der Waals surface area contributed by atoms with Gasteiger partial charge in [-0.05, 0) is 17.7 Å². The van der Waals surface area contributed by atoms with E-state index in [4.69, 9.17) is 5.11 Å². The molecular formula is C10H11FO4. The van der Waals surface area contributed by atoms with Crippen LogP contribution in [-0.4, -0.2) is 23.3 Å². The molecule has 1 aromatic rings. The summed E-state index contributed by atoms with van der Waals surface area (Å²) >= 11 is 0. The van der Waals surface area contributed by atoms with E-state index in [0.29, 0.717) is 0 Å². The number of halogens is 1. The number of carboxylic acid groups (broad SMARTS) is 1. The highest BCUT2D eigenvalue weighted by Crippen LogP contribution is 2.23. The molecule has 0 heterocycles. The van der Waals surface area contributed by atoms with Crippen molar-refractivity contribution in [1.29, 1.82) is 0 Å². The van der Waals surface area contributed by atoms with Crippen LogP contribution in [0, 0.1) is 5.82 Å². The van der Waals surface area contributed by atoms with Crippen LogP contribution in [0.5, 0.6) is 5.75 Å². The van der Waals surface area contributed by atoms with E-state index in [1.165, 1.54) is 19.2 Å². The molecule has 0 fully saturated rings. The molecule has 0 aliphatic heterocycles. The summed E-state index contributed by atoms with van der Waals surface area (Å²) in [5, 5.41) is 17.8. The monoisotopic (exact) mass is 214 g/mol. The SMILES string of the molecule is COc1ccc([C@@H](O)CC(=O)O)cc1F. The van der Waals surface area contributed by atoms with Crippen LogP contribution in [-0.2, 0) is 4.79 Å². The molecule has 0 aliphatic rings. The number of carbonyl (C=O) groups is 1. The van der Waals surface area contributed by atoms with E-state index < -0.39 is 24.3 Å². The predicted molar refractivity (Wildman–Crippen MR) is 50.2 cm³/mol. The fraction of sp³-hybridized carbons (Fsp3) is 0.300. The molecule has 0 bridgehead atoms. The molecule has 0 amide bonds. The maximum Gasteiger partial charge on any atom is 0.306 e. The Labute approximate surface area is 85.9 Å². The van der Waals surface area contributed by atoms with Gasteiger partial charge in [0.15, 0.2) is 11.6 Å². The minimum Gasteiger partial charge on any atom is -0.494 e. The average Bonchev–Trinajstić information content (AvgIpc) is 2.16. The number of methoxy groups -OCH3 is 1. The Morgan fingerprint density at radius 2 is 2.27 bits per heavy atom. The number of aliphatic carboxylic acids is 1. The maximum atomic E-state index is 13.2. The van der Waals surface area contributed by atoms with Crippen molar-refractivity contribution in [2.75, 3.05) is 7.11 Å². The lowest BCUT2D eigenvalue weighted by molar-refractivity contribution is -0.139. The van der Waals surface area contributed by atoms with Crippen molar-refractivity contribution < 1.29 is 24.1 Å². The van der Waals surface area contributed by atoms with Crippen molar-refractivity contribution >= 4 is 5.97 Å². The number of hydrogen-bond donors (Lipinski definition) is 2. The smallest absolute Gasteiger partial charge is 0.306 e. The molecule has 0 aromatic heterocycles. The number of aliphatic hydroxyl groups is 1. The topological polar surface area (TPSA) is 66.8 Å². The highest BCUT2D eigenvalue weighted by molar-refractivity contribution is 5.67. The minimum atomic E-state index is -1.21. The minimum absolute atomic E-state index is 0.0567. The van der Waals surface area contributed by atoms with Gasteiger partial charge in [0, 0.05) is 0 Å². The van der Waals surface area contributed by atoms with Gasteiger partial charge in [-0.2, -0.15) is 0 Å². The first-order valence-electron chi connectivity index (χ1n) is 4.28. The van der Waals surface area contributed by atoms with Gasteiger partial charge in [-0.25, -0.2) is 4.39 Å². The lowest BCUT2D eigenvalue weighted by Crippen LogP contribution is -2.05. The van der Waals surface area contributed by atoms with Crippen molar-refractivity contribution in [2.24, 2.45) is 0 Å². The van der Waals surface area contributed by atoms with Crippen LogP contribution in [0.1, 0.15) is 18.1 Å². The molecule has 82 valence electrons. The predicted octanol–water partition coefficient (Wildman–Crippen LogP) is 1.34. The fourth-order valence-electron chi connectivity index (χ4n) is 1.17. The average molecular weight is 214 g/mol. The second-order valence-electron chi connectivity index (χ2n) is 3.01. The van der Waals surface area contributed by atoms with Crippen molar-refractivity contribution in [2.45, 2.75) is 12.5 Å². The van der Waals surface area contributed by atoms with Crippen molar-refractivity contribution in [1.82, 2.24) is 0 Å². The molecule has 15 heavy (non-hydrogen) atoms. The molecule has 0 saturated carbocycles. The van der Waals surface area contributed by atoms with Crippen molar-refractivity contribution in [3.63, 3.8) is 0 Å². The van der Waals surface area contributed by atoms with Crippen LogP contribution in [0.25, 0.3) is 0 Å². The highest BCUT2D eigenvalue weighted by Gasteiger charge is 2.14. The molecule has 0 unspecified atom stereocenters. The molecule has 0 aliphatic carbocycles. The van der Waals surface area contributed by atoms with Crippen LogP contribution < -0.4 is 4.74 Å². The van der Waals surface area contributed by atoms with Crippen LogP contribution in [0.2, 0.25) is 0 Å². The summed E-state index contributed by atoms with van der Waals surface area (Å²) in [5.41, 5.74) is 0.218. The summed E-state index contributed by atoms with van der Waals surface area (Å²) in [7, 11) is 1.33. The van der Waals surface area contributed by atoms with E-state index in [9.17, 15) is 14.3 Å². The second-order valence-corrected chi connectivity index (χ2v) is 3.01. The number of carboxylic acids is 1. The third kappa shape index (κ3) is 2.92. The number of rotatable bonds is 4. The van der Waals surface area contributed by atoms with Gasteiger partial charge in [-0.3, -0.25) is 4.79 Å². The van der Waals surface area contributed by atoms with E-state index in [2.05, 4.69) is 4.74 Å². The van der Waals surface area contributed by atoms with Crippen LogP contribution in [0.4, 0.5) is 4.39 Å². The van der Waals surface area contributed by atoms with E-state index in [1.54, 1.807) is 0 Å². The van der Waals surface area contributed by atoms with Crippen LogP contribution in [0.15, 0.2) is 18.2 Å². The van der Waals surface area contributed by atoms with Gasteiger partial charge in [0.1, 0.15) is 0 Å². The third-order valence-corrected chi connectivity index (χ3v) is 1.93. The standard InChI is InChI=1S/C10H11FO4/c1-15-9-3-2-6(4-7(9)11)8(12)5-10(13)14/h2-4,8,12H,5H2,1H3,(H,13,14)/t8-/m0/s1. The lowest BCUT2D eigenvalue weighted by Gasteiger charge is -2.09. The van der Waals surface area contributed by atoms with E-state index in [0.717, 1.165) is 6.07 Å². The number of ether oxygens (including phenoxy) is 1. The van der Waals surface area contributed by atoms with Gasteiger partial charge in [-0.1, -0.05) is 6.07 Å². The van der Waals surface area contributed by atoms with Gasteiger partial charge in [-0.15, -0.1) is 0 Å². The summed E-state index contributed by atoms with van der Waals surface area (Å²) in [6, 6.07) is 3.83. The van der Waals surface area contributed by atoms with Gasteiger partial charge >= 0.3 is 5.97 Å². The summed E-state index contributed by atoms with van der Waals surface area (Å²) in [4.78, 5) is 10.3. The van der Waals surface area contributed by atoms with Gasteiger partial charge in [0.05, 0.1) is 19.6 Å². The third-order valence-electron chi connectivity index (χ3n) is 1.93. The Bertz CT molecular complexity index is 364. The van der Waals surface area contributed by atoms with Crippen molar-refractivity contribution in [3.8, 4) is 5.75 Å². The zero-order valence-corrected chi connectivity index (χ0v) is 8.11. The zero-order valence-electron chi connectivity index (χ0n) is 8.11. The molecule has 4 nitrogen and oxygen atoms in total. The molecule has 0 spiro atoms. The highest BCUT2D eigenvalue weighted by atomic mass is 19.1. The quantitative estimate of drug-likeness (QED) is 0.793. The van der Waals surface area contributed by atoms with Crippen LogP contribution in [0.3, 0.4) is 0 Å². The summed E-state index contributed by atoms with van der Waals surface area (Å²) in [5.74, 6) is -1.71. The molecule has 1 rings (SSSR count). The first kappa shape index (κ1) is 11.5. The summed E-state index contributed by atoms with van der Waals surface area (Å²) < 4.78 is 17.9. The van der Waals surface area contributed by atoms with E-state index >= 15 is 0 Å². The second kappa shape index (κ2) is 4.75. The molecule has 1 atom stereocenters. The summed E-state index contributed by atoms with van der Waals surface area (Å²) in [6.45, 7) is 0. The molecule has 0 radical (unpaired) electrons. The lowest BCUT2D eigenvalue weighted by atomic mass is 10.1. The maximum absolute atomic E-state index is 13.2. The van der Waals surface area contributed by atoms with Crippen LogP contribution >= 0.6 is 0 Å². The Hall–Kier alpha value is -1.62. The van der Waals surface area contributed by atoms with E-state index in [-0.39, 0.29) is 11.3 Å².